The van der Waals surface area contributed by atoms with Crippen LogP contribution in [-0.2, 0) is 0 Å². The van der Waals surface area contributed by atoms with E-state index in [1.807, 2.05) is 30.3 Å². The minimum Gasteiger partial charge on any atom is -0.478 e. The van der Waals surface area contributed by atoms with Crippen LogP contribution in [0.3, 0.4) is 0 Å². The summed E-state index contributed by atoms with van der Waals surface area (Å²) < 4.78 is 1.40. The fraction of sp³-hybridized carbons (Fsp3) is 0. The molecule has 0 fully saturated rings. The highest BCUT2D eigenvalue weighted by atomic mass is 16.4. The zero-order chi connectivity index (χ0) is 16.4. The van der Waals surface area contributed by atoms with E-state index < -0.39 is 11.9 Å². The van der Waals surface area contributed by atoms with E-state index >= 15 is 0 Å². The van der Waals surface area contributed by atoms with Gasteiger partial charge in [0.05, 0.1) is 23.0 Å². The van der Waals surface area contributed by atoms with Gasteiger partial charge in [-0.2, -0.15) is 0 Å². The van der Waals surface area contributed by atoms with Gasteiger partial charge < -0.3 is 10.2 Å². The number of hydrogen-bond acceptors (Lipinski definition) is 4. The molecule has 3 rings (SSSR count). The van der Waals surface area contributed by atoms with Crippen LogP contribution in [0.25, 0.3) is 16.9 Å². The van der Waals surface area contributed by atoms with Gasteiger partial charge >= 0.3 is 11.9 Å². The van der Waals surface area contributed by atoms with Crippen LogP contribution in [0.2, 0.25) is 0 Å². The molecule has 0 aliphatic rings. The molecule has 1 heterocycles. The van der Waals surface area contributed by atoms with Gasteiger partial charge in [0.2, 0.25) is 0 Å². The van der Waals surface area contributed by atoms with Crippen molar-refractivity contribution in [1.29, 1.82) is 0 Å². The molecule has 0 saturated heterocycles. The van der Waals surface area contributed by atoms with Gasteiger partial charge in [-0.05, 0) is 18.2 Å². The van der Waals surface area contributed by atoms with Crippen LogP contribution in [0.15, 0.2) is 54.7 Å². The monoisotopic (exact) mass is 309 g/mol. The number of aromatic carboxylic acids is 2. The smallest absolute Gasteiger partial charge is 0.336 e. The molecule has 3 aromatic rings. The van der Waals surface area contributed by atoms with E-state index in [0.717, 1.165) is 5.56 Å². The summed E-state index contributed by atoms with van der Waals surface area (Å²) in [7, 11) is 0. The minimum atomic E-state index is -1.31. The molecule has 0 spiro atoms. The van der Waals surface area contributed by atoms with Crippen molar-refractivity contribution in [2.45, 2.75) is 0 Å². The van der Waals surface area contributed by atoms with E-state index in [1.165, 1.54) is 22.9 Å². The average molecular weight is 309 g/mol. The number of rotatable bonds is 4. The average Bonchev–Trinajstić information content (AvgIpc) is 3.05. The molecule has 7 nitrogen and oxygen atoms in total. The van der Waals surface area contributed by atoms with Crippen molar-refractivity contribution in [1.82, 2.24) is 15.0 Å². The molecule has 0 aliphatic heterocycles. The predicted molar refractivity (Wildman–Crippen MR) is 80.7 cm³/mol. The van der Waals surface area contributed by atoms with Crippen LogP contribution in [0, 0.1) is 0 Å². The third-order valence-electron chi connectivity index (χ3n) is 3.29. The molecule has 114 valence electrons. The van der Waals surface area contributed by atoms with Gasteiger partial charge in [-0.1, -0.05) is 35.5 Å². The lowest BCUT2D eigenvalue weighted by Gasteiger charge is -2.05. The lowest BCUT2D eigenvalue weighted by Crippen LogP contribution is -2.09. The van der Waals surface area contributed by atoms with Crippen LogP contribution >= 0.6 is 0 Å². The molecule has 0 saturated carbocycles. The molecule has 7 heteroatoms. The number of carboxylic acid groups (broad SMARTS) is 2. The molecule has 1 aromatic heterocycles. The van der Waals surface area contributed by atoms with Crippen LogP contribution in [0.4, 0.5) is 0 Å². The van der Waals surface area contributed by atoms with Gasteiger partial charge in [-0.15, -0.1) is 5.10 Å². The summed E-state index contributed by atoms with van der Waals surface area (Å²) in [6.07, 6.45) is 1.65. The van der Waals surface area contributed by atoms with Gasteiger partial charge in [0.1, 0.15) is 5.69 Å². The van der Waals surface area contributed by atoms with E-state index in [4.69, 9.17) is 10.2 Å². The Morgan fingerprint density at radius 3 is 2.26 bits per heavy atom. The molecule has 2 N–H and O–H groups in total. The Bertz CT molecular complexity index is 887. The molecule has 0 bridgehead atoms. The second kappa shape index (κ2) is 5.72. The Balaban J connectivity index is 2.03. The first-order valence-corrected chi connectivity index (χ1v) is 6.65. The first-order chi connectivity index (χ1) is 11.1. The van der Waals surface area contributed by atoms with E-state index in [2.05, 4.69) is 10.3 Å². The number of aromatic nitrogens is 3. The van der Waals surface area contributed by atoms with Gasteiger partial charge in [0.25, 0.3) is 0 Å². The molecule has 2 aromatic carbocycles. The normalized spacial score (nSPS) is 10.4. The second-order valence-electron chi connectivity index (χ2n) is 4.75. The first kappa shape index (κ1) is 14.5. The molecule has 0 unspecified atom stereocenters. The number of hydrogen-bond donors (Lipinski definition) is 2. The zero-order valence-corrected chi connectivity index (χ0v) is 11.7. The maximum absolute atomic E-state index is 11.2. The quantitative estimate of drug-likeness (QED) is 0.766. The Labute approximate surface area is 130 Å². The summed E-state index contributed by atoms with van der Waals surface area (Å²) >= 11 is 0. The predicted octanol–water partition coefficient (Wildman–Crippen LogP) is 2.33. The van der Waals surface area contributed by atoms with Crippen molar-refractivity contribution in [3.8, 4) is 16.9 Å². The van der Waals surface area contributed by atoms with E-state index in [1.54, 1.807) is 6.20 Å². The summed E-state index contributed by atoms with van der Waals surface area (Å²) in [5, 5.41) is 26.2. The van der Waals surface area contributed by atoms with Crippen molar-refractivity contribution >= 4 is 11.9 Å². The van der Waals surface area contributed by atoms with Crippen LogP contribution in [0.5, 0.6) is 0 Å². The van der Waals surface area contributed by atoms with Gasteiger partial charge in [0, 0.05) is 5.56 Å². The first-order valence-electron chi connectivity index (χ1n) is 6.65. The summed E-state index contributed by atoms with van der Waals surface area (Å²) in [5.41, 5.74) is 1.35. The third kappa shape index (κ3) is 2.80. The number of benzene rings is 2. The highest BCUT2D eigenvalue weighted by Crippen LogP contribution is 2.19. The Kier molecular flexibility index (Phi) is 3.60. The SMILES string of the molecule is O=C(O)c1ccc(-n2cc(-c3ccccc3)nn2)cc1C(=O)O. The number of carbonyl (C=O) groups is 2. The Hall–Kier alpha value is -3.48. The second-order valence-corrected chi connectivity index (χ2v) is 4.75. The van der Waals surface area contributed by atoms with Crippen LogP contribution in [0.1, 0.15) is 20.7 Å². The van der Waals surface area contributed by atoms with Gasteiger partial charge in [0.15, 0.2) is 0 Å². The lowest BCUT2D eigenvalue weighted by atomic mass is 10.1. The van der Waals surface area contributed by atoms with Crippen molar-refractivity contribution in [2.24, 2.45) is 0 Å². The fourth-order valence-electron chi connectivity index (χ4n) is 2.17. The topological polar surface area (TPSA) is 105 Å². The third-order valence-corrected chi connectivity index (χ3v) is 3.29. The summed E-state index contributed by atoms with van der Waals surface area (Å²) in [6.45, 7) is 0. The van der Waals surface area contributed by atoms with E-state index in [9.17, 15) is 9.59 Å². The Morgan fingerprint density at radius 1 is 0.913 bits per heavy atom. The number of carboxylic acids is 2. The number of nitrogens with zero attached hydrogens (tertiary/aromatic N) is 3. The Morgan fingerprint density at radius 2 is 1.61 bits per heavy atom. The molecule has 0 radical (unpaired) electrons. The van der Waals surface area contributed by atoms with Crippen LogP contribution in [-0.4, -0.2) is 37.1 Å². The minimum absolute atomic E-state index is 0.273. The lowest BCUT2D eigenvalue weighted by molar-refractivity contribution is 0.0651. The molecule has 0 atom stereocenters. The maximum atomic E-state index is 11.2. The van der Waals surface area contributed by atoms with Gasteiger partial charge in [-0.3, -0.25) is 0 Å². The van der Waals surface area contributed by atoms with E-state index in [0.29, 0.717) is 11.4 Å². The van der Waals surface area contributed by atoms with Crippen molar-refractivity contribution in [2.75, 3.05) is 0 Å². The van der Waals surface area contributed by atoms with Crippen molar-refractivity contribution < 1.29 is 19.8 Å². The molecular formula is C16H11N3O4. The van der Waals surface area contributed by atoms with Crippen molar-refractivity contribution in [3.05, 3.63) is 65.9 Å². The summed E-state index contributed by atoms with van der Waals surface area (Å²) in [5.74, 6) is -2.61. The zero-order valence-electron chi connectivity index (χ0n) is 11.7. The fourth-order valence-corrected chi connectivity index (χ4v) is 2.17. The standard InChI is InChI=1S/C16H11N3O4/c20-15(21)12-7-6-11(8-13(12)16(22)23)19-9-14(17-18-19)10-4-2-1-3-5-10/h1-9H,(H,20,21)(H,22,23). The largest absolute Gasteiger partial charge is 0.478 e. The molecule has 23 heavy (non-hydrogen) atoms. The maximum Gasteiger partial charge on any atom is 0.336 e. The van der Waals surface area contributed by atoms with Crippen molar-refractivity contribution in [3.63, 3.8) is 0 Å². The molecule has 0 aliphatic carbocycles. The highest BCUT2D eigenvalue weighted by Gasteiger charge is 2.17. The molecular weight excluding hydrogens is 298 g/mol. The highest BCUT2D eigenvalue weighted by molar-refractivity contribution is 6.02. The summed E-state index contributed by atoms with van der Waals surface area (Å²) in [4.78, 5) is 22.3. The van der Waals surface area contributed by atoms with E-state index in [-0.39, 0.29) is 11.1 Å². The molecule has 0 amide bonds. The van der Waals surface area contributed by atoms with Crippen LogP contribution < -0.4 is 0 Å². The van der Waals surface area contributed by atoms with Gasteiger partial charge in [-0.25, -0.2) is 14.3 Å². The summed E-state index contributed by atoms with van der Waals surface area (Å²) in [6, 6.07) is 13.4.